The highest BCUT2D eigenvalue weighted by Crippen LogP contribution is 2.47. The number of carbonyl (C=O) groups excluding carboxylic acids is 1. The van der Waals surface area contributed by atoms with E-state index in [-0.39, 0.29) is 5.91 Å². The van der Waals surface area contributed by atoms with Gasteiger partial charge in [0.2, 0.25) is 5.91 Å². The van der Waals surface area contributed by atoms with Crippen molar-refractivity contribution in [2.75, 3.05) is 13.2 Å². The van der Waals surface area contributed by atoms with Crippen molar-refractivity contribution < 1.29 is 9.53 Å². The molecule has 1 aliphatic carbocycles. The van der Waals surface area contributed by atoms with E-state index >= 15 is 0 Å². The normalized spacial score (nSPS) is 18.5. The second-order valence-electron chi connectivity index (χ2n) is 7.70. The maximum absolute atomic E-state index is 11.6. The van der Waals surface area contributed by atoms with Crippen LogP contribution in [0.2, 0.25) is 0 Å². The maximum atomic E-state index is 11.6. The molecule has 3 nitrogen and oxygen atoms in total. The first-order chi connectivity index (χ1) is 12.7. The Balaban J connectivity index is 1.62. The summed E-state index contributed by atoms with van der Waals surface area (Å²) in [5.74, 6) is 2.35. The van der Waals surface area contributed by atoms with Crippen LogP contribution in [0.4, 0.5) is 0 Å². The molecule has 0 radical (unpaired) electrons. The van der Waals surface area contributed by atoms with Gasteiger partial charge in [0.25, 0.3) is 0 Å². The zero-order valence-electron chi connectivity index (χ0n) is 16.8. The summed E-state index contributed by atoms with van der Waals surface area (Å²) in [5, 5.41) is 3.06. The third kappa shape index (κ3) is 7.80. The number of amides is 1. The van der Waals surface area contributed by atoms with E-state index in [1.165, 1.54) is 50.5 Å². The van der Waals surface area contributed by atoms with Crippen LogP contribution < -0.4 is 10.1 Å². The van der Waals surface area contributed by atoms with E-state index in [1.807, 2.05) is 6.92 Å². The van der Waals surface area contributed by atoms with Crippen LogP contribution in [0.5, 0.6) is 5.75 Å². The van der Waals surface area contributed by atoms with E-state index in [0.717, 1.165) is 31.7 Å². The van der Waals surface area contributed by atoms with Crippen LogP contribution in [-0.4, -0.2) is 19.1 Å². The minimum Gasteiger partial charge on any atom is -0.494 e. The Morgan fingerprint density at radius 3 is 2.62 bits per heavy atom. The fourth-order valence-corrected chi connectivity index (χ4v) is 3.53. The van der Waals surface area contributed by atoms with Gasteiger partial charge in [-0.1, -0.05) is 64.5 Å². The van der Waals surface area contributed by atoms with Crippen molar-refractivity contribution in [1.82, 2.24) is 5.32 Å². The maximum Gasteiger partial charge on any atom is 0.219 e. The van der Waals surface area contributed by atoms with Crippen molar-refractivity contribution in [3.8, 4) is 5.75 Å². The third-order valence-electron chi connectivity index (χ3n) is 5.26. The van der Waals surface area contributed by atoms with Crippen LogP contribution in [0.25, 0.3) is 0 Å². The van der Waals surface area contributed by atoms with Crippen molar-refractivity contribution >= 4 is 5.91 Å². The van der Waals surface area contributed by atoms with Gasteiger partial charge in [-0.05, 0) is 48.8 Å². The zero-order valence-corrected chi connectivity index (χ0v) is 16.8. The van der Waals surface area contributed by atoms with E-state index < -0.39 is 0 Å². The topological polar surface area (TPSA) is 38.3 Å². The molecule has 0 saturated heterocycles. The molecule has 26 heavy (non-hydrogen) atoms. The van der Waals surface area contributed by atoms with Crippen LogP contribution >= 0.6 is 0 Å². The molecular weight excluding hydrogens is 322 g/mol. The molecule has 2 atom stereocenters. The molecule has 0 spiro atoms. The molecule has 1 aliphatic rings. The predicted octanol–water partition coefficient (Wildman–Crippen LogP) is 5.84. The Hall–Kier alpha value is -1.51. The molecule has 3 heteroatoms. The van der Waals surface area contributed by atoms with Gasteiger partial charge < -0.3 is 10.1 Å². The van der Waals surface area contributed by atoms with Crippen molar-refractivity contribution in [1.29, 1.82) is 0 Å². The van der Waals surface area contributed by atoms with Gasteiger partial charge >= 0.3 is 0 Å². The molecule has 1 aromatic rings. The van der Waals surface area contributed by atoms with Gasteiger partial charge in [-0.3, -0.25) is 4.79 Å². The fraction of sp³-hybridized carbons (Fsp3) is 0.696. The Bertz CT molecular complexity index is 529. The zero-order chi connectivity index (χ0) is 18.6. The summed E-state index contributed by atoms with van der Waals surface area (Å²) in [5.41, 5.74) is 1.36. The smallest absolute Gasteiger partial charge is 0.219 e. The van der Waals surface area contributed by atoms with Crippen LogP contribution in [0.3, 0.4) is 0 Å². The molecule has 0 aliphatic heterocycles. The van der Waals surface area contributed by atoms with Gasteiger partial charge in [0, 0.05) is 13.0 Å². The van der Waals surface area contributed by atoms with Crippen molar-refractivity contribution in [2.45, 2.75) is 84.0 Å². The second kappa shape index (κ2) is 12.0. The lowest BCUT2D eigenvalue weighted by Gasteiger charge is -2.09. The number of carbonyl (C=O) groups is 1. The van der Waals surface area contributed by atoms with Gasteiger partial charge in [0.1, 0.15) is 5.75 Å². The van der Waals surface area contributed by atoms with E-state index in [1.54, 1.807) is 0 Å². The fourth-order valence-electron chi connectivity index (χ4n) is 3.53. The van der Waals surface area contributed by atoms with Gasteiger partial charge in [-0.15, -0.1) is 0 Å². The molecule has 1 N–H and O–H groups in total. The molecule has 0 unspecified atom stereocenters. The highest BCUT2D eigenvalue weighted by molar-refractivity contribution is 5.75. The van der Waals surface area contributed by atoms with Crippen LogP contribution in [-0.2, 0) is 4.79 Å². The minimum absolute atomic E-state index is 0.185. The van der Waals surface area contributed by atoms with Crippen molar-refractivity contribution in [3.05, 3.63) is 29.8 Å². The molecule has 0 bridgehead atoms. The average molecular weight is 360 g/mol. The van der Waals surface area contributed by atoms with Gasteiger partial charge in [0.05, 0.1) is 6.61 Å². The van der Waals surface area contributed by atoms with Crippen molar-refractivity contribution in [3.63, 3.8) is 0 Å². The number of rotatable bonds is 14. The van der Waals surface area contributed by atoms with E-state index in [4.69, 9.17) is 4.74 Å². The summed E-state index contributed by atoms with van der Waals surface area (Å²) < 4.78 is 5.95. The summed E-state index contributed by atoms with van der Waals surface area (Å²) >= 11 is 0. The molecule has 1 amide bonds. The summed E-state index contributed by atoms with van der Waals surface area (Å²) in [6.45, 7) is 5.93. The van der Waals surface area contributed by atoms with Gasteiger partial charge in [-0.25, -0.2) is 0 Å². The average Bonchev–Trinajstić information content (AvgIpc) is 3.43. The summed E-state index contributed by atoms with van der Waals surface area (Å²) in [7, 11) is 0. The molecule has 1 aromatic carbocycles. The first-order valence-electron chi connectivity index (χ1n) is 10.7. The first kappa shape index (κ1) is 20.8. The summed E-state index contributed by atoms with van der Waals surface area (Å²) in [6.07, 6.45) is 11.9. The van der Waals surface area contributed by atoms with E-state index in [9.17, 15) is 4.79 Å². The third-order valence-corrected chi connectivity index (χ3v) is 5.26. The SMILES string of the molecule is CCCCCCCCCOc1cccc([C@@H]2C[C@H]2CNC(=O)CCC)c1. The van der Waals surface area contributed by atoms with Crippen molar-refractivity contribution in [2.24, 2.45) is 5.92 Å². The molecule has 0 aromatic heterocycles. The lowest BCUT2D eigenvalue weighted by Crippen LogP contribution is -2.25. The second-order valence-corrected chi connectivity index (χ2v) is 7.70. The molecule has 146 valence electrons. The minimum atomic E-state index is 0.185. The largest absolute Gasteiger partial charge is 0.494 e. The number of ether oxygens (including phenoxy) is 1. The lowest BCUT2D eigenvalue weighted by molar-refractivity contribution is -0.121. The molecule has 0 heterocycles. The number of hydrogen-bond acceptors (Lipinski definition) is 2. The lowest BCUT2D eigenvalue weighted by atomic mass is 10.1. The number of unbranched alkanes of at least 4 members (excludes halogenated alkanes) is 6. The molecule has 1 fully saturated rings. The Labute approximate surface area is 159 Å². The number of benzene rings is 1. The molecule has 2 rings (SSSR count). The van der Waals surface area contributed by atoms with E-state index in [2.05, 4.69) is 36.5 Å². The van der Waals surface area contributed by atoms with Crippen LogP contribution in [0.1, 0.15) is 89.5 Å². The van der Waals surface area contributed by atoms with E-state index in [0.29, 0.717) is 18.3 Å². The quantitative estimate of drug-likeness (QED) is 0.424. The summed E-state index contributed by atoms with van der Waals surface area (Å²) in [6, 6.07) is 8.55. The van der Waals surface area contributed by atoms with Crippen LogP contribution in [0, 0.1) is 5.92 Å². The molecular formula is C23H37NO2. The number of nitrogens with one attached hydrogen (secondary N) is 1. The summed E-state index contributed by atoms with van der Waals surface area (Å²) in [4.78, 5) is 11.6. The van der Waals surface area contributed by atoms with Gasteiger partial charge in [-0.2, -0.15) is 0 Å². The highest BCUT2D eigenvalue weighted by Gasteiger charge is 2.38. The van der Waals surface area contributed by atoms with Gasteiger partial charge in [0.15, 0.2) is 0 Å². The Kier molecular flexibility index (Phi) is 9.58. The molecule has 1 saturated carbocycles. The monoisotopic (exact) mass is 359 g/mol. The predicted molar refractivity (Wildman–Crippen MR) is 109 cm³/mol. The van der Waals surface area contributed by atoms with Crippen LogP contribution in [0.15, 0.2) is 24.3 Å². The Morgan fingerprint density at radius 2 is 1.85 bits per heavy atom. The number of hydrogen-bond donors (Lipinski definition) is 1. The standard InChI is InChI=1S/C23H37NO2/c1-3-5-6-7-8-9-10-15-26-21-14-11-13-19(16-21)22-17-20(22)18-24-23(25)12-4-2/h11,13-14,16,20,22H,3-10,12,15,17-18H2,1-2H3,(H,24,25)/t20-,22-/m0/s1. The first-order valence-corrected chi connectivity index (χ1v) is 10.7. The highest BCUT2D eigenvalue weighted by atomic mass is 16.5. The Morgan fingerprint density at radius 1 is 1.08 bits per heavy atom.